The molecule has 172 valence electrons. The summed E-state index contributed by atoms with van der Waals surface area (Å²) in [7, 11) is 0. The summed E-state index contributed by atoms with van der Waals surface area (Å²) in [4.78, 5) is 26.7. The van der Waals surface area contributed by atoms with Crippen LogP contribution in [-0.2, 0) is 10.2 Å². The molecule has 3 rings (SSSR count). The Hall–Kier alpha value is -3.02. The minimum absolute atomic E-state index is 0.0355. The van der Waals surface area contributed by atoms with Gasteiger partial charge in [0, 0.05) is 31.1 Å². The van der Waals surface area contributed by atoms with E-state index in [1.165, 1.54) is 17.7 Å². The van der Waals surface area contributed by atoms with Gasteiger partial charge < -0.3 is 20.1 Å². The molecule has 2 amide bonds. The first-order chi connectivity index (χ1) is 15.2. The van der Waals surface area contributed by atoms with E-state index < -0.39 is 0 Å². The van der Waals surface area contributed by atoms with Crippen LogP contribution in [0.25, 0.3) is 0 Å². The largest absolute Gasteiger partial charge is 0.508 e. The van der Waals surface area contributed by atoms with Gasteiger partial charge in [0.15, 0.2) is 0 Å². The van der Waals surface area contributed by atoms with Crippen molar-refractivity contribution in [2.24, 2.45) is 0 Å². The van der Waals surface area contributed by atoms with E-state index in [-0.39, 0.29) is 29.0 Å². The fraction of sp³-hybridized carbons (Fsp3) is 0.462. The first kappa shape index (κ1) is 23.6. The molecule has 6 nitrogen and oxygen atoms in total. The van der Waals surface area contributed by atoms with Crippen LogP contribution in [0.2, 0.25) is 0 Å². The minimum Gasteiger partial charge on any atom is -0.508 e. The molecule has 1 aliphatic rings. The van der Waals surface area contributed by atoms with Crippen molar-refractivity contribution in [3.63, 3.8) is 0 Å². The summed E-state index contributed by atoms with van der Waals surface area (Å²) < 4.78 is 5.79. The summed E-state index contributed by atoms with van der Waals surface area (Å²) in [6.45, 7) is 8.33. The Kier molecular flexibility index (Phi) is 7.78. The van der Waals surface area contributed by atoms with Gasteiger partial charge in [-0.2, -0.15) is 0 Å². The van der Waals surface area contributed by atoms with Crippen LogP contribution in [0.1, 0.15) is 62.4 Å². The van der Waals surface area contributed by atoms with E-state index in [1.54, 1.807) is 12.1 Å². The van der Waals surface area contributed by atoms with Crippen molar-refractivity contribution in [1.82, 2.24) is 10.2 Å². The molecule has 2 N–H and O–H groups in total. The number of carbonyl (C=O) groups excluding carboxylic acids is 2. The third-order valence-corrected chi connectivity index (χ3v) is 5.82. The second-order valence-corrected chi connectivity index (χ2v) is 9.41. The summed E-state index contributed by atoms with van der Waals surface area (Å²) in [5.41, 5.74) is 1.82. The Bertz CT molecular complexity index is 910. The molecule has 32 heavy (non-hydrogen) atoms. The summed E-state index contributed by atoms with van der Waals surface area (Å²) in [5, 5.41) is 12.5. The molecule has 0 aromatic heterocycles. The van der Waals surface area contributed by atoms with E-state index in [0.717, 1.165) is 18.6 Å². The Morgan fingerprint density at radius 1 is 1.09 bits per heavy atom. The monoisotopic (exact) mass is 438 g/mol. The quantitative estimate of drug-likeness (QED) is 0.633. The van der Waals surface area contributed by atoms with Gasteiger partial charge in [-0.05, 0) is 60.6 Å². The van der Waals surface area contributed by atoms with E-state index >= 15 is 0 Å². The van der Waals surface area contributed by atoms with Crippen molar-refractivity contribution in [3.8, 4) is 11.5 Å². The zero-order valence-corrected chi connectivity index (χ0v) is 19.3. The van der Waals surface area contributed by atoms with E-state index in [1.807, 2.05) is 17.0 Å². The number of amides is 2. The number of likely N-dealkylation sites (tertiary alicyclic amines) is 1. The van der Waals surface area contributed by atoms with Crippen molar-refractivity contribution in [2.75, 3.05) is 19.7 Å². The van der Waals surface area contributed by atoms with Gasteiger partial charge in [-0.15, -0.1) is 0 Å². The van der Waals surface area contributed by atoms with Crippen molar-refractivity contribution >= 4 is 11.8 Å². The van der Waals surface area contributed by atoms with Gasteiger partial charge in [0.05, 0.1) is 6.61 Å². The van der Waals surface area contributed by atoms with E-state index in [0.29, 0.717) is 38.1 Å². The molecule has 1 saturated heterocycles. The molecule has 0 aliphatic carbocycles. The topological polar surface area (TPSA) is 78.9 Å². The van der Waals surface area contributed by atoms with E-state index in [9.17, 15) is 14.7 Å². The summed E-state index contributed by atoms with van der Waals surface area (Å²) in [6, 6.07) is 14.5. The lowest BCUT2D eigenvalue weighted by molar-refractivity contribution is -0.132. The lowest BCUT2D eigenvalue weighted by Gasteiger charge is -2.32. The van der Waals surface area contributed by atoms with Crippen LogP contribution >= 0.6 is 0 Å². The smallest absolute Gasteiger partial charge is 0.251 e. The van der Waals surface area contributed by atoms with Crippen LogP contribution in [0.5, 0.6) is 11.5 Å². The highest BCUT2D eigenvalue weighted by atomic mass is 16.5. The number of phenolic OH excluding ortho intramolecular Hbond substituents is 1. The standard InChI is InChI=1S/C26H34N2O4/c1-26(2,3)20-9-11-23(12-10-20)32-17-5-8-24(30)28-15-13-21(14-16-28)27-25(31)19-6-4-7-22(29)18-19/h4,6-7,9-12,18,21,29H,5,8,13-17H2,1-3H3,(H,27,31). The number of ether oxygens (including phenoxy) is 1. The summed E-state index contributed by atoms with van der Waals surface area (Å²) in [5.74, 6) is 0.838. The van der Waals surface area contributed by atoms with Gasteiger partial charge in [-0.3, -0.25) is 9.59 Å². The maximum atomic E-state index is 12.5. The normalized spacial score (nSPS) is 14.8. The third-order valence-electron chi connectivity index (χ3n) is 5.82. The van der Waals surface area contributed by atoms with E-state index in [2.05, 4.69) is 38.2 Å². The number of hydrogen-bond donors (Lipinski definition) is 2. The molecule has 2 aromatic carbocycles. The van der Waals surface area contributed by atoms with Crippen LogP contribution in [0.15, 0.2) is 48.5 Å². The fourth-order valence-corrected chi connectivity index (χ4v) is 3.81. The van der Waals surface area contributed by atoms with Gasteiger partial charge in [-0.1, -0.05) is 39.0 Å². The first-order valence-corrected chi connectivity index (χ1v) is 11.3. The van der Waals surface area contributed by atoms with Crippen molar-refractivity contribution in [1.29, 1.82) is 0 Å². The molecule has 1 aliphatic heterocycles. The number of nitrogens with one attached hydrogen (secondary N) is 1. The lowest BCUT2D eigenvalue weighted by Crippen LogP contribution is -2.46. The molecular formula is C26H34N2O4. The Labute approximate surface area is 190 Å². The average Bonchev–Trinajstić information content (AvgIpc) is 2.77. The van der Waals surface area contributed by atoms with Gasteiger partial charge >= 0.3 is 0 Å². The molecule has 1 fully saturated rings. The second-order valence-electron chi connectivity index (χ2n) is 9.41. The number of piperidine rings is 1. The Morgan fingerprint density at radius 3 is 2.41 bits per heavy atom. The second kappa shape index (κ2) is 10.5. The number of hydrogen-bond acceptors (Lipinski definition) is 4. The zero-order chi connectivity index (χ0) is 23.1. The fourth-order valence-electron chi connectivity index (χ4n) is 3.81. The van der Waals surface area contributed by atoms with Gasteiger partial charge in [0.2, 0.25) is 5.91 Å². The molecule has 2 aromatic rings. The number of phenols is 1. The van der Waals surface area contributed by atoms with Crippen LogP contribution in [0.4, 0.5) is 0 Å². The van der Waals surface area contributed by atoms with Gasteiger partial charge in [0.1, 0.15) is 11.5 Å². The maximum absolute atomic E-state index is 12.5. The van der Waals surface area contributed by atoms with Crippen molar-refractivity contribution in [2.45, 2.75) is 57.9 Å². The molecule has 0 radical (unpaired) electrons. The number of benzene rings is 2. The third kappa shape index (κ3) is 6.74. The van der Waals surface area contributed by atoms with Crippen molar-refractivity contribution in [3.05, 3.63) is 59.7 Å². The molecule has 6 heteroatoms. The van der Waals surface area contributed by atoms with Gasteiger partial charge in [-0.25, -0.2) is 0 Å². The summed E-state index contributed by atoms with van der Waals surface area (Å²) in [6.07, 6.45) is 2.59. The number of aromatic hydroxyl groups is 1. The SMILES string of the molecule is CC(C)(C)c1ccc(OCCCC(=O)N2CCC(NC(=O)c3cccc(O)c3)CC2)cc1. The number of nitrogens with zero attached hydrogens (tertiary/aromatic N) is 1. The van der Waals surface area contributed by atoms with Crippen molar-refractivity contribution < 1.29 is 19.4 Å². The van der Waals surface area contributed by atoms with Gasteiger partial charge in [0.25, 0.3) is 5.91 Å². The molecule has 1 heterocycles. The highest BCUT2D eigenvalue weighted by Gasteiger charge is 2.24. The predicted octanol–water partition coefficient (Wildman–Crippen LogP) is 4.27. The first-order valence-electron chi connectivity index (χ1n) is 11.3. The van der Waals surface area contributed by atoms with Crippen LogP contribution in [-0.4, -0.2) is 47.6 Å². The van der Waals surface area contributed by atoms with Crippen LogP contribution in [0.3, 0.4) is 0 Å². The lowest BCUT2D eigenvalue weighted by atomic mass is 9.87. The Balaban J connectivity index is 1.34. The molecule has 0 unspecified atom stereocenters. The highest BCUT2D eigenvalue weighted by molar-refractivity contribution is 5.94. The maximum Gasteiger partial charge on any atom is 0.251 e. The number of carbonyl (C=O) groups is 2. The predicted molar refractivity (Wildman–Crippen MR) is 125 cm³/mol. The number of rotatable bonds is 7. The molecule has 0 atom stereocenters. The Morgan fingerprint density at radius 2 is 1.78 bits per heavy atom. The van der Waals surface area contributed by atoms with Crippen LogP contribution in [0, 0.1) is 0 Å². The minimum atomic E-state index is -0.196. The zero-order valence-electron chi connectivity index (χ0n) is 19.3. The molecule has 0 saturated carbocycles. The molecule has 0 bridgehead atoms. The molecule has 0 spiro atoms. The highest BCUT2D eigenvalue weighted by Crippen LogP contribution is 2.24. The van der Waals surface area contributed by atoms with E-state index in [4.69, 9.17) is 4.74 Å². The summed E-state index contributed by atoms with van der Waals surface area (Å²) >= 11 is 0. The molecular weight excluding hydrogens is 404 g/mol. The average molecular weight is 439 g/mol. The van der Waals surface area contributed by atoms with Crippen LogP contribution < -0.4 is 10.1 Å².